The van der Waals surface area contributed by atoms with E-state index < -0.39 is 9.84 Å². The minimum Gasteiger partial charge on any atom is -0.314 e. The van der Waals surface area contributed by atoms with Crippen molar-refractivity contribution in [3.8, 4) is 0 Å². The number of aryl methyl sites for hydroxylation is 1. The summed E-state index contributed by atoms with van der Waals surface area (Å²) in [7, 11) is -2.84. The average molecular weight is 311 g/mol. The van der Waals surface area contributed by atoms with E-state index in [1.807, 2.05) is 0 Å². The summed E-state index contributed by atoms with van der Waals surface area (Å²) in [6.07, 6.45) is 3.71. The third-order valence-corrected chi connectivity index (χ3v) is 5.52. The molecule has 1 N–H and O–H groups in total. The maximum atomic E-state index is 11.6. The Balaban J connectivity index is 2.52. The first-order valence-electron chi connectivity index (χ1n) is 7.96. The van der Waals surface area contributed by atoms with Crippen LogP contribution in [0.2, 0.25) is 0 Å². The van der Waals surface area contributed by atoms with Crippen molar-refractivity contribution in [3.63, 3.8) is 0 Å². The zero-order chi connectivity index (χ0) is 15.7. The molecule has 0 saturated carbocycles. The van der Waals surface area contributed by atoms with Gasteiger partial charge in [-0.15, -0.1) is 0 Å². The van der Waals surface area contributed by atoms with Crippen LogP contribution in [0.15, 0.2) is 24.3 Å². The maximum absolute atomic E-state index is 11.6. The maximum Gasteiger partial charge on any atom is 0.150 e. The zero-order valence-corrected chi connectivity index (χ0v) is 14.4. The van der Waals surface area contributed by atoms with Crippen LogP contribution < -0.4 is 5.32 Å². The van der Waals surface area contributed by atoms with E-state index in [9.17, 15) is 8.42 Å². The number of nitrogens with one attached hydrogen (secondary N) is 1. The van der Waals surface area contributed by atoms with Crippen molar-refractivity contribution in [3.05, 3.63) is 35.4 Å². The van der Waals surface area contributed by atoms with Crippen molar-refractivity contribution in [2.24, 2.45) is 0 Å². The molecule has 0 spiro atoms. The molecule has 1 aromatic rings. The first kappa shape index (κ1) is 18.2. The summed E-state index contributed by atoms with van der Waals surface area (Å²) in [5, 5.41) is 3.54. The van der Waals surface area contributed by atoms with Crippen molar-refractivity contribution in [2.45, 2.75) is 52.5 Å². The summed E-state index contributed by atoms with van der Waals surface area (Å²) in [6.45, 7) is 6.94. The molecule has 0 saturated heterocycles. The molecule has 3 nitrogen and oxygen atoms in total. The zero-order valence-electron chi connectivity index (χ0n) is 13.6. The molecule has 1 unspecified atom stereocenters. The fourth-order valence-corrected chi connectivity index (χ4v) is 3.22. The van der Waals surface area contributed by atoms with Gasteiger partial charge in [0.15, 0.2) is 0 Å². The molecule has 0 aliphatic heterocycles. The molecule has 0 aromatic heterocycles. The van der Waals surface area contributed by atoms with Gasteiger partial charge in [0.25, 0.3) is 0 Å². The number of rotatable bonds is 10. The average Bonchev–Trinajstić information content (AvgIpc) is 2.46. The molecule has 4 heteroatoms. The second kappa shape index (κ2) is 9.21. The van der Waals surface area contributed by atoms with Crippen molar-refractivity contribution in [1.29, 1.82) is 0 Å². The molecule has 0 radical (unpaired) electrons. The van der Waals surface area contributed by atoms with E-state index in [2.05, 4.69) is 43.4 Å². The van der Waals surface area contributed by atoms with Crippen LogP contribution in [0.4, 0.5) is 0 Å². The molecule has 1 rings (SSSR count). The van der Waals surface area contributed by atoms with E-state index in [1.54, 1.807) is 6.92 Å². The summed E-state index contributed by atoms with van der Waals surface area (Å²) in [5.41, 5.74) is 2.58. The SMILES string of the molecule is CCCNC(CCCS(=O)(=O)CC)Cc1ccc(C)cc1. The van der Waals surface area contributed by atoms with Crippen LogP contribution in [0.1, 0.15) is 44.2 Å². The van der Waals surface area contributed by atoms with Crippen LogP contribution in [-0.4, -0.2) is 32.5 Å². The standard InChI is InChI=1S/C17H29NO2S/c1-4-12-18-17(7-6-13-21(19,20)5-2)14-16-10-8-15(3)9-11-16/h8-11,17-18H,4-7,12-14H2,1-3H3. The molecule has 0 heterocycles. The lowest BCUT2D eigenvalue weighted by Gasteiger charge is -2.18. The van der Waals surface area contributed by atoms with Crippen LogP contribution in [0.5, 0.6) is 0 Å². The highest BCUT2D eigenvalue weighted by molar-refractivity contribution is 7.91. The van der Waals surface area contributed by atoms with Gasteiger partial charge < -0.3 is 5.32 Å². The van der Waals surface area contributed by atoms with Crippen molar-refractivity contribution >= 4 is 9.84 Å². The number of hydrogen-bond acceptors (Lipinski definition) is 3. The second-order valence-corrected chi connectivity index (χ2v) is 8.19. The molecule has 21 heavy (non-hydrogen) atoms. The minimum absolute atomic E-state index is 0.248. The number of sulfone groups is 1. The Kier molecular flexibility index (Phi) is 7.97. The van der Waals surface area contributed by atoms with Crippen LogP contribution >= 0.6 is 0 Å². The highest BCUT2D eigenvalue weighted by Gasteiger charge is 2.12. The molecule has 0 bridgehead atoms. The normalized spacial score (nSPS) is 13.3. The topological polar surface area (TPSA) is 46.2 Å². The summed E-state index contributed by atoms with van der Waals surface area (Å²) < 4.78 is 23.1. The summed E-state index contributed by atoms with van der Waals surface area (Å²) >= 11 is 0. The van der Waals surface area contributed by atoms with Gasteiger partial charge in [0.05, 0.1) is 5.75 Å². The molecule has 1 atom stereocenters. The number of hydrogen-bond donors (Lipinski definition) is 1. The lowest BCUT2D eigenvalue weighted by atomic mass is 10.0. The molecular weight excluding hydrogens is 282 g/mol. The third kappa shape index (κ3) is 7.63. The van der Waals surface area contributed by atoms with Gasteiger partial charge in [-0.25, -0.2) is 8.42 Å². The predicted octanol–water partition coefficient (Wildman–Crippen LogP) is 3.12. The Morgan fingerprint density at radius 1 is 1.14 bits per heavy atom. The lowest BCUT2D eigenvalue weighted by molar-refractivity contribution is 0.472. The summed E-state index contributed by atoms with van der Waals surface area (Å²) in [6, 6.07) is 8.96. The van der Waals surface area contributed by atoms with Crippen molar-refractivity contribution in [1.82, 2.24) is 5.32 Å². The molecule has 0 amide bonds. The van der Waals surface area contributed by atoms with E-state index in [1.165, 1.54) is 11.1 Å². The molecular formula is C17H29NO2S. The lowest BCUT2D eigenvalue weighted by Crippen LogP contribution is -2.32. The van der Waals surface area contributed by atoms with Crippen LogP contribution in [0.3, 0.4) is 0 Å². The van der Waals surface area contributed by atoms with Crippen molar-refractivity contribution < 1.29 is 8.42 Å². The molecule has 0 aliphatic carbocycles. The number of benzene rings is 1. The largest absolute Gasteiger partial charge is 0.314 e. The first-order chi connectivity index (χ1) is 9.96. The highest BCUT2D eigenvalue weighted by atomic mass is 32.2. The van der Waals surface area contributed by atoms with Crippen LogP contribution in [0, 0.1) is 6.92 Å². The Morgan fingerprint density at radius 3 is 2.38 bits per heavy atom. The smallest absolute Gasteiger partial charge is 0.150 e. The second-order valence-electron chi connectivity index (χ2n) is 5.72. The van der Waals surface area contributed by atoms with Gasteiger partial charge in [0.2, 0.25) is 0 Å². The van der Waals surface area contributed by atoms with Crippen molar-refractivity contribution in [2.75, 3.05) is 18.1 Å². The highest BCUT2D eigenvalue weighted by Crippen LogP contribution is 2.10. The van der Waals surface area contributed by atoms with Crippen LogP contribution in [-0.2, 0) is 16.3 Å². The van der Waals surface area contributed by atoms with Gasteiger partial charge >= 0.3 is 0 Å². The van der Waals surface area contributed by atoms with E-state index in [0.29, 0.717) is 11.8 Å². The van der Waals surface area contributed by atoms with Gasteiger partial charge in [0.1, 0.15) is 9.84 Å². The van der Waals surface area contributed by atoms with Gasteiger partial charge in [0, 0.05) is 11.8 Å². The Labute approximate surface area is 130 Å². The van der Waals surface area contributed by atoms with E-state index in [0.717, 1.165) is 32.2 Å². The minimum atomic E-state index is -2.84. The predicted molar refractivity (Wildman–Crippen MR) is 90.5 cm³/mol. The van der Waals surface area contributed by atoms with Gasteiger partial charge in [-0.3, -0.25) is 0 Å². The van der Waals surface area contributed by atoms with Gasteiger partial charge in [-0.05, 0) is 44.7 Å². The fraction of sp³-hybridized carbons (Fsp3) is 0.647. The Bertz CT molecular complexity index is 494. The molecule has 0 aliphatic rings. The summed E-state index contributed by atoms with van der Waals surface area (Å²) in [5.74, 6) is 0.555. The molecule has 0 fully saturated rings. The third-order valence-electron chi connectivity index (χ3n) is 3.73. The van der Waals surface area contributed by atoms with E-state index in [4.69, 9.17) is 0 Å². The molecule has 120 valence electrons. The summed E-state index contributed by atoms with van der Waals surface area (Å²) in [4.78, 5) is 0. The first-order valence-corrected chi connectivity index (χ1v) is 9.78. The Morgan fingerprint density at radius 2 is 1.81 bits per heavy atom. The van der Waals surface area contributed by atoms with Gasteiger partial charge in [-0.2, -0.15) is 0 Å². The van der Waals surface area contributed by atoms with Crippen LogP contribution in [0.25, 0.3) is 0 Å². The Hall–Kier alpha value is -0.870. The van der Waals surface area contributed by atoms with Gasteiger partial charge in [-0.1, -0.05) is 43.7 Å². The monoisotopic (exact) mass is 311 g/mol. The molecule has 1 aromatic carbocycles. The van der Waals surface area contributed by atoms with E-state index in [-0.39, 0.29) is 5.75 Å². The quantitative estimate of drug-likeness (QED) is 0.722. The van der Waals surface area contributed by atoms with E-state index >= 15 is 0 Å². The fourth-order valence-electron chi connectivity index (χ4n) is 2.33.